The highest BCUT2D eigenvalue weighted by molar-refractivity contribution is 5.78. The van der Waals surface area contributed by atoms with Gasteiger partial charge in [-0.15, -0.1) is 0 Å². The van der Waals surface area contributed by atoms with Crippen LogP contribution in [0, 0.1) is 5.92 Å². The number of rotatable bonds is 4. The summed E-state index contributed by atoms with van der Waals surface area (Å²) in [6, 6.07) is 3.96. The number of aliphatic hydroxyl groups excluding tert-OH is 1. The number of likely N-dealkylation sites (tertiary alicyclic amines) is 2. The Balaban J connectivity index is 1.52. The second-order valence-corrected chi connectivity index (χ2v) is 6.88. The molecule has 2 aliphatic rings. The van der Waals surface area contributed by atoms with Crippen molar-refractivity contribution >= 4 is 5.91 Å². The zero-order valence-electron chi connectivity index (χ0n) is 13.7. The summed E-state index contributed by atoms with van der Waals surface area (Å²) in [5.74, 6) is 0.300. The summed E-state index contributed by atoms with van der Waals surface area (Å²) in [6.45, 7) is 3.71. The van der Waals surface area contributed by atoms with Crippen LogP contribution in [0.25, 0.3) is 0 Å². The monoisotopic (exact) mass is 317 g/mol. The molecule has 1 amide bonds. The molecule has 0 aliphatic carbocycles. The van der Waals surface area contributed by atoms with Crippen LogP contribution in [0.5, 0.6) is 0 Å². The summed E-state index contributed by atoms with van der Waals surface area (Å²) < 4.78 is 0. The minimum absolute atomic E-state index is 0.130. The molecule has 0 radical (unpaired) electrons. The minimum Gasteiger partial charge on any atom is -0.391 e. The van der Waals surface area contributed by atoms with E-state index >= 15 is 0 Å². The number of nitrogens with zero attached hydrogens (tertiary/aromatic N) is 3. The third-order valence-electron chi connectivity index (χ3n) is 5.06. The summed E-state index contributed by atoms with van der Waals surface area (Å²) in [5, 5.41) is 10.3. The Hall–Kier alpha value is -1.46. The van der Waals surface area contributed by atoms with E-state index in [1.54, 1.807) is 12.4 Å². The van der Waals surface area contributed by atoms with Gasteiger partial charge in [-0.1, -0.05) is 12.8 Å². The second kappa shape index (κ2) is 7.88. The summed E-state index contributed by atoms with van der Waals surface area (Å²) in [5.41, 5.74) is 1.17. The van der Waals surface area contributed by atoms with Gasteiger partial charge in [-0.05, 0) is 50.0 Å². The number of carbonyl (C=O) groups excluding carboxylic acids is 1. The lowest BCUT2D eigenvalue weighted by molar-refractivity contribution is -0.131. The summed E-state index contributed by atoms with van der Waals surface area (Å²) >= 11 is 0. The average molecular weight is 317 g/mol. The zero-order valence-corrected chi connectivity index (χ0v) is 13.7. The van der Waals surface area contributed by atoms with Gasteiger partial charge in [-0.25, -0.2) is 0 Å². The van der Waals surface area contributed by atoms with Crippen molar-refractivity contribution in [2.45, 2.75) is 38.2 Å². The number of aromatic nitrogens is 1. The number of hydrogen-bond acceptors (Lipinski definition) is 4. The molecule has 5 nitrogen and oxygen atoms in total. The smallest absolute Gasteiger partial charge is 0.236 e. The Kier molecular flexibility index (Phi) is 5.62. The molecule has 2 atom stereocenters. The Labute approximate surface area is 138 Å². The third-order valence-corrected chi connectivity index (χ3v) is 5.06. The quantitative estimate of drug-likeness (QED) is 0.910. The number of hydrogen-bond donors (Lipinski definition) is 1. The van der Waals surface area contributed by atoms with Crippen molar-refractivity contribution < 1.29 is 9.90 Å². The number of pyridine rings is 1. The Morgan fingerprint density at radius 3 is 2.52 bits per heavy atom. The maximum atomic E-state index is 12.5. The lowest BCUT2D eigenvalue weighted by Crippen LogP contribution is -2.40. The summed E-state index contributed by atoms with van der Waals surface area (Å²) in [7, 11) is 0. The normalized spacial score (nSPS) is 26.2. The van der Waals surface area contributed by atoms with Gasteiger partial charge in [0, 0.05) is 31.4 Å². The van der Waals surface area contributed by atoms with E-state index in [1.807, 2.05) is 17.0 Å². The number of carbonyl (C=O) groups is 1. The molecule has 0 saturated carbocycles. The van der Waals surface area contributed by atoms with Crippen LogP contribution in [0.3, 0.4) is 0 Å². The van der Waals surface area contributed by atoms with E-state index < -0.39 is 6.10 Å². The van der Waals surface area contributed by atoms with E-state index in [0.29, 0.717) is 19.6 Å². The zero-order chi connectivity index (χ0) is 16.1. The molecule has 2 fully saturated rings. The van der Waals surface area contributed by atoms with Crippen LogP contribution in [-0.4, -0.2) is 64.6 Å². The van der Waals surface area contributed by atoms with Crippen molar-refractivity contribution in [2.75, 3.05) is 32.7 Å². The predicted molar refractivity (Wildman–Crippen MR) is 88.9 cm³/mol. The molecule has 0 bridgehead atoms. The van der Waals surface area contributed by atoms with Crippen molar-refractivity contribution in [1.82, 2.24) is 14.8 Å². The second-order valence-electron chi connectivity index (χ2n) is 6.88. The van der Waals surface area contributed by atoms with E-state index in [0.717, 1.165) is 19.5 Å². The molecule has 2 unspecified atom stereocenters. The highest BCUT2D eigenvalue weighted by Crippen LogP contribution is 2.22. The van der Waals surface area contributed by atoms with Gasteiger partial charge >= 0.3 is 0 Å². The van der Waals surface area contributed by atoms with E-state index in [-0.39, 0.29) is 11.8 Å². The van der Waals surface area contributed by atoms with Gasteiger partial charge in [0.2, 0.25) is 5.91 Å². The predicted octanol–water partition coefficient (Wildman–Crippen LogP) is 1.32. The van der Waals surface area contributed by atoms with Gasteiger partial charge < -0.3 is 10.0 Å². The third kappa shape index (κ3) is 4.52. The maximum absolute atomic E-state index is 12.5. The molecule has 3 heterocycles. The fourth-order valence-electron chi connectivity index (χ4n) is 3.67. The van der Waals surface area contributed by atoms with Crippen LogP contribution >= 0.6 is 0 Å². The minimum atomic E-state index is -0.420. The van der Waals surface area contributed by atoms with Gasteiger partial charge in [0.05, 0.1) is 12.6 Å². The molecular formula is C18H27N3O2. The van der Waals surface area contributed by atoms with Gasteiger partial charge in [-0.3, -0.25) is 14.7 Å². The molecule has 0 aromatic carbocycles. The number of amides is 1. The largest absolute Gasteiger partial charge is 0.391 e. The van der Waals surface area contributed by atoms with E-state index in [1.165, 1.54) is 31.2 Å². The SMILES string of the molecule is O=C(CN1CCCCCC1)N1CC(O)C(Cc2ccncc2)C1. The Morgan fingerprint density at radius 2 is 1.83 bits per heavy atom. The molecule has 5 heteroatoms. The van der Waals surface area contributed by atoms with Crippen molar-refractivity contribution in [2.24, 2.45) is 5.92 Å². The van der Waals surface area contributed by atoms with Gasteiger partial charge in [0.15, 0.2) is 0 Å². The van der Waals surface area contributed by atoms with E-state index in [2.05, 4.69) is 9.88 Å². The van der Waals surface area contributed by atoms with Gasteiger partial charge in [0.1, 0.15) is 0 Å². The first kappa shape index (κ1) is 16.4. The van der Waals surface area contributed by atoms with E-state index in [9.17, 15) is 9.90 Å². The van der Waals surface area contributed by atoms with Crippen molar-refractivity contribution in [3.63, 3.8) is 0 Å². The first-order valence-corrected chi connectivity index (χ1v) is 8.79. The average Bonchev–Trinajstić information content (AvgIpc) is 2.75. The van der Waals surface area contributed by atoms with Crippen molar-refractivity contribution in [1.29, 1.82) is 0 Å². The fraction of sp³-hybridized carbons (Fsp3) is 0.667. The number of β-amino-alcohol motifs (C(OH)–C–C–N with tert-alkyl or cyclic N) is 1. The molecule has 3 rings (SSSR count). The molecule has 23 heavy (non-hydrogen) atoms. The standard InChI is InChI=1S/C18H27N3O2/c22-17-13-21(12-16(17)11-15-5-7-19-8-6-15)18(23)14-20-9-3-1-2-4-10-20/h5-8,16-17,22H,1-4,9-14H2. The molecule has 1 aromatic rings. The summed E-state index contributed by atoms with van der Waals surface area (Å²) in [4.78, 5) is 20.7. The Bertz CT molecular complexity index is 500. The molecule has 1 N–H and O–H groups in total. The lowest BCUT2D eigenvalue weighted by Gasteiger charge is -2.23. The maximum Gasteiger partial charge on any atom is 0.236 e. The van der Waals surface area contributed by atoms with Crippen molar-refractivity contribution in [3.05, 3.63) is 30.1 Å². The van der Waals surface area contributed by atoms with Crippen molar-refractivity contribution in [3.8, 4) is 0 Å². The van der Waals surface area contributed by atoms with Crippen LogP contribution in [0.1, 0.15) is 31.2 Å². The molecular weight excluding hydrogens is 290 g/mol. The van der Waals surface area contributed by atoms with Crippen LogP contribution in [0.4, 0.5) is 0 Å². The fourth-order valence-corrected chi connectivity index (χ4v) is 3.67. The first-order chi connectivity index (χ1) is 11.2. The molecule has 0 spiro atoms. The lowest BCUT2D eigenvalue weighted by atomic mass is 9.97. The molecule has 2 saturated heterocycles. The Morgan fingerprint density at radius 1 is 1.13 bits per heavy atom. The van der Waals surface area contributed by atoms with Gasteiger partial charge in [-0.2, -0.15) is 0 Å². The summed E-state index contributed by atoms with van der Waals surface area (Å²) in [6.07, 6.45) is 8.88. The van der Waals surface area contributed by atoms with Crippen LogP contribution in [-0.2, 0) is 11.2 Å². The van der Waals surface area contributed by atoms with Crippen LogP contribution < -0.4 is 0 Å². The van der Waals surface area contributed by atoms with Crippen LogP contribution in [0.2, 0.25) is 0 Å². The molecule has 126 valence electrons. The van der Waals surface area contributed by atoms with E-state index in [4.69, 9.17) is 0 Å². The highest BCUT2D eigenvalue weighted by atomic mass is 16.3. The number of aliphatic hydroxyl groups is 1. The van der Waals surface area contributed by atoms with Crippen LogP contribution in [0.15, 0.2) is 24.5 Å². The topological polar surface area (TPSA) is 56.7 Å². The van der Waals surface area contributed by atoms with Gasteiger partial charge in [0.25, 0.3) is 0 Å². The highest BCUT2D eigenvalue weighted by Gasteiger charge is 2.34. The first-order valence-electron chi connectivity index (χ1n) is 8.79. The molecule has 2 aliphatic heterocycles. The molecule has 1 aromatic heterocycles.